The number of hydrogen-bond acceptors (Lipinski definition) is 4. The average molecular weight is 401 g/mol. The number of aromatic amines is 1. The molecular weight excluding hydrogens is 372 g/mol. The monoisotopic (exact) mass is 400 g/mol. The lowest BCUT2D eigenvalue weighted by atomic mass is 9.92. The zero-order valence-electron chi connectivity index (χ0n) is 17.6. The van der Waals surface area contributed by atoms with E-state index < -0.39 is 0 Å². The molecule has 3 aromatic rings. The highest BCUT2D eigenvalue weighted by Crippen LogP contribution is 2.42. The number of nitrogens with zero attached hydrogens (tertiary/aromatic N) is 3. The van der Waals surface area contributed by atoms with Gasteiger partial charge in [-0.3, -0.25) is 4.79 Å². The van der Waals surface area contributed by atoms with Crippen LogP contribution in [0.2, 0.25) is 0 Å². The predicted molar refractivity (Wildman–Crippen MR) is 122 cm³/mol. The SMILES string of the molecule is CC(=O)C1=NN(c2ccc(C)cc2)C(c2c[nH]c3ccccc23)N1C1CCCCC1. The van der Waals surface area contributed by atoms with Crippen molar-refractivity contribution in [1.29, 1.82) is 0 Å². The first-order valence-corrected chi connectivity index (χ1v) is 10.9. The molecule has 0 amide bonds. The number of carbonyl (C=O) groups excluding carboxylic acids is 1. The van der Waals surface area contributed by atoms with Crippen LogP contribution in [0.5, 0.6) is 0 Å². The van der Waals surface area contributed by atoms with Crippen molar-refractivity contribution in [2.24, 2.45) is 5.10 Å². The van der Waals surface area contributed by atoms with Gasteiger partial charge in [0.15, 0.2) is 17.8 Å². The third kappa shape index (κ3) is 3.18. The van der Waals surface area contributed by atoms with E-state index >= 15 is 0 Å². The Balaban J connectivity index is 1.67. The molecule has 1 saturated carbocycles. The Hall–Kier alpha value is -3.08. The number of carbonyl (C=O) groups is 1. The molecule has 5 nitrogen and oxygen atoms in total. The Labute approximate surface area is 177 Å². The summed E-state index contributed by atoms with van der Waals surface area (Å²) in [6, 6.07) is 17.1. The molecule has 1 unspecified atom stereocenters. The largest absolute Gasteiger partial charge is 0.361 e. The second-order valence-electron chi connectivity index (χ2n) is 8.52. The van der Waals surface area contributed by atoms with Crippen molar-refractivity contribution in [3.05, 3.63) is 65.9 Å². The van der Waals surface area contributed by atoms with Gasteiger partial charge in [0, 0.05) is 35.6 Å². The van der Waals surface area contributed by atoms with Gasteiger partial charge in [-0.15, -0.1) is 5.10 Å². The molecule has 1 aliphatic carbocycles. The molecule has 2 aromatic carbocycles. The molecule has 1 fully saturated rings. The highest BCUT2D eigenvalue weighted by molar-refractivity contribution is 6.38. The summed E-state index contributed by atoms with van der Waals surface area (Å²) in [5.41, 5.74) is 4.49. The number of Topliss-reactive ketones (excluding diaryl/α,β-unsaturated/α-hetero) is 1. The quantitative estimate of drug-likeness (QED) is 0.626. The fourth-order valence-electron chi connectivity index (χ4n) is 4.91. The van der Waals surface area contributed by atoms with Crippen LogP contribution < -0.4 is 5.01 Å². The number of aryl methyl sites for hydroxylation is 1. The van der Waals surface area contributed by atoms with Gasteiger partial charge in [-0.2, -0.15) is 0 Å². The topological polar surface area (TPSA) is 51.7 Å². The molecule has 0 spiro atoms. The summed E-state index contributed by atoms with van der Waals surface area (Å²) in [6.07, 6.45) is 7.85. The number of amidine groups is 1. The zero-order valence-corrected chi connectivity index (χ0v) is 17.6. The summed E-state index contributed by atoms with van der Waals surface area (Å²) in [4.78, 5) is 18.4. The molecule has 0 bridgehead atoms. The fraction of sp³-hybridized carbons (Fsp3) is 0.360. The van der Waals surface area contributed by atoms with Crippen LogP contribution in [0.25, 0.3) is 10.9 Å². The molecule has 1 atom stereocenters. The Bertz CT molecular complexity index is 1090. The lowest BCUT2D eigenvalue weighted by Crippen LogP contribution is -2.45. The van der Waals surface area contributed by atoms with Crippen LogP contribution in [0, 0.1) is 6.92 Å². The van der Waals surface area contributed by atoms with Gasteiger partial charge in [-0.25, -0.2) is 5.01 Å². The number of fused-ring (bicyclic) bond motifs is 1. The number of benzene rings is 2. The number of nitrogens with one attached hydrogen (secondary N) is 1. The van der Waals surface area contributed by atoms with Crippen molar-refractivity contribution in [3.63, 3.8) is 0 Å². The molecule has 2 aliphatic rings. The van der Waals surface area contributed by atoms with Crippen LogP contribution in [0.15, 0.2) is 59.8 Å². The molecular formula is C25H28N4O. The van der Waals surface area contributed by atoms with Crippen LogP contribution in [0.3, 0.4) is 0 Å². The van der Waals surface area contributed by atoms with E-state index in [1.807, 2.05) is 11.1 Å². The summed E-state index contributed by atoms with van der Waals surface area (Å²) >= 11 is 0. The van der Waals surface area contributed by atoms with Crippen LogP contribution in [0.4, 0.5) is 5.69 Å². The number of hydrazone groups is 1. The minimum Gasteiger partial charge on any atom is -0.361 e. The molecule has 0 radical (unpaired) electrons. The highest BCUT2D eigenvalue weighted by atomic mass is 16.1. The first-order valence-electron chi connectivity index (χ1n) is 10.9. The van der Waals surface area contributed by atoms with E-state index in [0.717, 1.165) is 29.6 Å². The third-order valence-corrected chi connectivity index (χ3v) is 6.42. The number of ketones is 1. The summed E-state index contributed by atoms with van der Waals surface area (Å²) in [7, 11) is 0. The molecule has 1 aliphatic heterocycles. The van der Waals surface area contributed by atoms with Crippen LogP contribution in [-0.4, -0.2) is 27.5 Å². The first kappa shape index (κ1) is 18.9. The van der Waals surface area contributed by atoms with E-state index in [9.17, 15) is 4.79 Å². The maximum absolute atomic E-state index is 12.7. The van der Waals surface area contributed by atoms with Crippen molar-refractivity contribution >= 4 is 28.2 Å². The van der Waals surface area contributed by atoms with E-state index in [0.29, 0.717) is 11.9 Å². The number of para-hydroxylation sites is 1. The number of H-pyrrole nitrogens is 1. The molecule has 0 saturated heterocycles. The molecule has 1 aromatic heterocycles. The number of rotatable bonds is 4. The van der Waals surface area contributed by atoms with E-state index in [2.05, 4.69) is 65.5 Å². The highest BCUT2D eigenvalue weighted by Gasteiger charge is 2.42. The van der Waals surface area contributed by atoms with Gasteiger partial charge in [0.1, 0.15) is 0 Å². The smallest absolute Gasteiger partial charge is 0.196 e. The third-order valence-electron chi connectivity index (χ3n) is 6.42. The maximum atomic E-state index is 12.7. The molecule has 1 N–H and O–H groups in total. The second kappa shape index (κ2) is 7.63. The fourth-order valence-corrected chi connectivity index (χ4v) is 4.91. The molecule has 154 valence electrons. The molecule has 5 rings (SSSR count). The average Bonchev–Trinajstić information content (AvgIpc) is 3.36. The first-order chi connectivity index (χ1) is 14.6. The van der Waals surface area contributed by atoms with Gasteiger partial charge in [-0.1, -0.05) is 55.2 Å². The lowest BCUT2D eigenvalue weighted by molar-refractivity contribution is -0.111. The van der Waals surface area contributed by atoms with Gasteiger partial charge in [0.2, 0.25) is 0 Å². The minimum atomic E-state index is -0.133. The summed E-state index contributed by atoms with van der Waals surface area (Å²) in [5.74, 6) is 0.609. The normalized spacial score (nSPS) is 20.1. The predicted octanol–water partition coefficient (Wildman–Crippen LogP) is 5.53. The molecule has 2 heterocycles. The van der Waals surface area contributed by atoms with Gasteiger partial charge >= 0.3 is 0 Å². The molecule has 30 heavy (non-hydrogen) atoms. The maximum Gasteiger partial charge on any atom is 0.196 e. The van der Waals surface area contributed by atoms with E-state index in [1.54, 1.807) is 6.92 Å². The van der Waals surface area contributed by atoms with Gasteiger partial charge in [0.25, 0.3) is 0 Å². The summed E-state index contributed by atoms with van der Waals surface area (Å²) in [5, 5.41) is 8.12. The Morgan fingerprint density at radius 1 is 1.03 bits per heavy atom. The van der Waals surface area contributed by atoms with E-state index in [1.165, 1.54) is 30.2 Å². The van der Waals surface area contributed by atoms with E-state index in [4.69, 9.17) is 5.10 Å². The van der Waals surface area contributed by atoms with Crippen molar-refractivity contribution < 1.29 is 4.79 Å². The number of hydrogen-bond donors (Lipinski definition) is 1. The van der Waals surface area contributed by atoms with Crippen LogP contribution in [0.1, 0.15) is 56.3 Å². The molecule has 5 heteroatoms. The van der Waals surface area contributed by atoms with Crippen molar-refractivity contribution in [2.75, 3.05) is 5.01 Å². The van der Waals surface area contributed by atoms with Crippen LogP contribution >= 0.6 is 0 Å². The van der Waals surface area contributed by atoms with Crippen molar-refractivity contribution in [2.45, 2.75) is 58.2 Å². The van der Waals surface area contributed by atoms with Gasteiger partial charge in [-0.05, 0) is 38.0 Å². The summed E-state index contributed by atoms with van der Waals surface area (Å²) in [6.45, 7) is 3.73. The standard InChI is InChI=1S/C25H28N4O/c1-17-12-14-20(15-13-17)29-25(22-16-26-23-11-7-6-10-21(22)23)28(24(27-29)18(2)30)19-8-4-3-5-9-19/h6-7,10-16,19,25-26H,3-5,8-9H2,1-2H3. The summed E-state index contributed by atoms with van der Waals surface area (Å²) < 4.78 is 0. The zero-order chi connectivity index (χ0) is 20.7. The second-order valence-corrected chi connectivity index (χ2v) is 8.52. The number of aromatic nitrogens is 1. The minimum absolute atomic E-state index is 0.0278. The number of anilines is 1. The van der Waals surface area contributed by atoms with Gasteiger partial charge in [0.05, 0.1) is 5.69 Å². The lowest BCUT2D eigenvalue weighted by Gasteiger charge is -2.39. The van der Waals surface area contributed by atoms with Gasteiger partial charge < -0.3 is 9.88 Å². The van der Waals surface area contributed by atoms with Crippen molar-refractivity contribution in [3.8, 4) is 0 Å². The Kier molecular flexibility index (Phi) is 4.81. The van der Waals surface area contributed by atoms with Crippen LogP contribution in [-0.2, 0) is 4.79 Å². The van der Waals surface area contributed by atoms with E-state index in [-0.39, 0.29) is 11.9 Å². The Morgan fingerprint density at radius 2 is 1.77 bits per heavy atom. The Morgan fingerprint density at radius 3 is 2.50 bits per heavy atom. The van der Waals surface area contributed by atoms with Crippen molar-refractivity contribution in [1.82, 2.24) is 9.88 Å².